The number of nitrogens with zero attached hydrogens (tertiary/aromatic N) is 3. The van der Waals surface area contributed by atoms with Gasteiger partial charge < -0.3 is 25.0 Å². The molecule has 0 saturated carbocycles. The number of guanidine groups is 1. The van der Waals surface area contributed by atoms with Gasteiger partial charge in [0.05, 0.1) is 26.4 Å². The number of ether oxygens (including phenoxy) is 2. The Hall–Kier alpha value is -1.10. The number of anilines is 1. The minimum Gasteiger partial charge on any atom is -0.379 e. The van der Waals surface area contributed by atoms with Crippen LogP contribution in [0.1, 0.15) is 32.3 Å². The molecule has 0 aromatic heterocycles. The first-order valence-electron chi connectivity index (χ1n) is 11.9. The maximum Gasteiger partial charge on any atom is 0.191 e. The van der Waals surface area contributed by atoms with E-state index in [-0.39, 0.29) is 24.0 Å². The Morgan fingerprint density at radius 1 is 0.938 bits per heavy atom. The topological polar surface area (TPSA) is 61.4 Å². The lowest BCUT2D eigenvalue weighted by Gasteiger charge is -2.39. The number of benzene rings is 1. The van der Waals surface area contributed by atoms with E-state index in [0.29, 0.717) is 12.0 Å². The molecule has 7 nitrogen and oxygen atoms in total. The maximum atomic E-state index is 5.57. The third-order valence-electron chi connectivity index (χ3n) is 6.58. The summed E-state index contributed by atoms with van der Waals surface area (Å²) in [4.78, 5) is 9.42. The molecule has 3 rings (SSSR count). The Kier molecular flexibility index (Phi) is 12.7. The molecule has 1 aromatic rings. The van der Waals surface area contributed by atoms with Crippen molar-refractivity contribution >= 4 is 35.6 Å². The minimum absolute atomic E-state index is 0. The van der Waals surface area contributed by atoms with Crippen molar-refractivity contribution in [1.82, 2.24) is 15.5 Å². The van der Waals surface area contributed by atoms with Gasteiger partial charge in [-0.25, -0.2) is 0 Å². The van der Waals surface area contributed by atoms with Crippen LogP contribution in [-0.2, 0) is 16.0 Å². The zero-order chi connectivity index (χ0) is 21.9. The molecule has 0 bridgehead atoms. The number of morpholine rings is 2. The van der Waals surface area contributed by atoms with Crippen molar-refractivity contribution in [2.45, 2.75) is 39.3 Å². The molecule has 2 N–H and O–H groups in total. The smallest absolute Gasteiger partial charge is 0.191 e. The molecule has 2 heterocycles. The van der Waals surface area contributed by atoms with Gasteiger partial charge in [0.25, 0.3) is 0 Å². The highest BCUT2D eigenvalue weighted by molar-refractivity contribution is 14.0. The van der Waals surface area contributed by atoms with Gasteiger partial charge in [-0.05, 0) is 23.6 Å². The van der Waals surface area contributed by atoms with Crippen LogP contribution in [0.25, 0.3) is 0 Å². The predicted octanol–water partition coefficient (Wildman–Crippen LogP) is 2.94. The monoisotopic (exact) mass is 559 g/mol. The molecule has 2 fully saturated rings. The van der Waals surface area contributed by atoms with Gasteiger partial charge in [-0.3, -0.25) is 9.89 Å². The first-order chi connectivity index (χ1) is 15.2. The lowest BCUT2D eigenvalue weighted by molar-refractivity contribution is 0.00272. The first kappa shape index (κ1) is 27.1. The Bertz CT molecular complexity index is 657. The van der Waals surface area contributed by atoms with E-state index in [1.807, 2.05) is 7.05 Å². The zero-order valence-corrected chi connectivity index (χ0v) is 22.3. The van der Waals surface area contributed by atoms with E-state index in [1.54, 1.807) is 0 Å². The van der Waals surface area contributed by atoms with Gasteiger partial charge in [0.1, 0.15) is 0 Å². The molecule has 2 aliphatic rings. The van der Waals surface area contributed by atoms with Gasteiger partial charge in [-0.2, -0.15) is 0 Å². The molecule has 1 atom stereocenters. The van der Waals surface area contributed by atoms with Crippen LogP contribution in [0.15, 0.2) is 29.3 Å². The first-order valence-corrected chi connectivity index (χ1v) is 11.9. The molecule has 0 amide bonds. The number of nitrogens with one attached hydrogen (secondary N) is 2. The summed E-state index contributed by atoms with van der Waals surface area (Å²) in [5, 5.41) is 7.06. The maximum absolute atomic E-state index is 5.57. The minimum atomic E-state index is 0. The van der Waals surface area contributed by atoms with Gasteiger partial charge in [0.2, 0.25) is 0 Å². The molecular weight excluding hydrogens is 517 g/mol. The summed E-state index contributed by atoms with van der Waals surface area (Å²) in [5.41, 5.74) is 2.53. The number of hydrogen-bond donors (Lipinski definition) is 2. The lowest BCUT2D eigenvalue weighted by Crippen LogP contribution is -2.53. The highest BCUT2D eigenvalue weighted by Gasteiger charge is 2.27. The van der Waals surface area contributed by atoms with Crippen LogP contribution >= 0.6 is 24.0 Å². The molecule has 182 valence electrons. The van der Waals surface area contributed by atoms with Crippen molar-refractivity contribution in [1.29, 1.82) is 0 Å². The van der Waals surface area contributed by atoms with Crippen molar-refractivity contribution < 1.29 is 9.47 Å². The molecule has 0 radical (unpaired) electrons. The molecule has 1 unspecified atom stereocenters. The lowest BCUT2D eigenvalue weighted by atomic mass is 9.92. The van der Waals surface area contributed by atoms with E-state index in [1.165, 1.54) is 24.1 Å². The molecule has 0 aliphatic carbocycles. The summed E-state index contributed by atoms with van der Waals surface area (Å²) in [5.74, 6) is 1.54. The fraction of sp³-hybridized carbons (Fsp3) is 0.708. The summed E-state index contributed by atoms with van der Waals surface area (Å²) >= 11 is 0. The molecule has 1 aromatic carbocycles. The average Bonchev–Trinajstić information content (AvgIpc) is 2.85. The summed E-state index contributed by atoms with van der Waals surface area (Å²) in [6, 6.07) is 9.32. The summed E-state index contributed by atoms with van der Waals surface area (Å²) in [7, 11) is 1.84. The SMILES string of the molecule is CCC(CC)C(CNC(=NC)NCc1ccc(N2CCOCC2)cc1)N1CCOCC1.I. The molecule has 8 heteroatoms. The molecule has 2 saturated heterocycles. The second-order valence-electron chi connectivity index (χ2n) is 8.36. The Morgan fingerprint density at radius 2 is 1.53 bits per heavy atom. The van der Waals surface area contributed by atoms with Crippen LogP contribution in [0.3, 0.4) is 0 Å². The third-order valence-corrected chi connectivity index (χ3v) is 6.58. The van der Waals surface area contributed by atoms with Crippen LogP contribution in [0.5, 0.6) is 0 Å². The predicted molar refractivity (Wildman–Crippen MR) is 143 cm³/mol. The van der Waals surface area contributed by atoms with Gasteiger partial charge in [-0.15, -0.1) is 24.0 Å². The molecule has 32 heavy (non-hydrogen) atoms. The van der Waals surface area contributed by atoms with Gasteiger partial charge in [0.15, 0.2) is 5.96 Å². The van der Waals surface area contributed by atoms with Crippen LogP contribution < -0.4 is 15.5 Å². The second-order valence-corrected chi connectivity index (χ2v) is 8.36. The van der Waals surface area contributed by atoms with E-state index in [2.05, 4.69) is 63.5 Å². The quantitative estimate of drug-likeness (QED) is 0.276. The largest absolute Gasteiger partial charge is 0.379 e. The van der Waals surface area contributed by atoms with Crippen LogP contribution in [-0.4, -0.2) is 83.1 Å². The average molecular weight is 560 g/mol. The number of halogens is 1. The van der Waals surface area contributed by atoms with Crippen molar-refractivity contribution in [2.75, 3.05) is 71.1 Å². The zero-order valence-electron chi connectivity index (χ0n) is 20.0. The van der Waals surface area contributed by atoms with E-state index >= 15 is 0 Å². The van der Waals surface area contributed by atoms with Crippen molar-refractivity contribution in [3.05, 3.63) is 29.8 Å². The summed E-state index contributed by atoms with van der Waals surface area (Å²) in [6.45, 7) is 13.5. The number of aliphatic imine (C=N–C) groups is 1. The van der Waals surface area contributed by atoms with Crippen LogP contribution in [0.4, 0.5) is 5.69 Å². The number of hydrogen-bond acceptors (Lipinski definition) is 5. The van der Waals surface area contributed by atoms with E-state index in [9.17, 15) is 0 Å². The van der Waals surface area contributed by atoms with E-state index in [4.69, 9.17) is 9.47 Å². The van der Waals surface area contributed by atoms with Crippen molar-refractivity contribution in [2.24, 2.45) is 10.9 Å². The van der Waals surface area contributed by atoms with Gasteiger partial charge >= 0.3 is 0 Å². The van der Waals surface area contributed by atoms with Crippen molar-refractivity contribution in [3.63, 3.8) is 0 Å². The molecular formula is C24H42IN5O2. The highest BCUT2D eigenvalue weighted by Crippen LogP contribution is 2.20. The van der Waals surface area contributed by atoms with Crippen LogP contribution in [0, 0.1) is 5.92 Å². The summed E-state index contributed by atoms with van der Waals surface area (Å²) < 4.78 is 11.0. The van der Waals surface area contributed by atoms with Gasteiger partial charge in [-0.1, -0.05) is 38.8 Å². The standard InChI is InChI=1S/C24H41N5O2.HI/c1-4-21(5-2)23(29-12-16-31-17-13-29)19-27-24(25-3)26-18-20-6-8-22(9-7-20)28-10-14-30-15-11-28;/h6-9,21,23H,4-5,10-19H2,1-3H3,(H2,25,26,27);1H. The Balaban J connectivity index is 0.00000363. The van der Waals surface area contributed by atoms with E-state index in [0.717, 1.165) is 71.7 Å². The number of rotatable bonds is 9. The Labute approximate surface area is 211 Å². The molecule has 0 spiro atoms. The third kappa shape index (κ3) is 8.04. The Morgan fingerprint density at radius 3 is 2.09 bits per heavy atom. The van der Waals surface area contributed by atoms with E-state index < -0.39 is 0 Å². The second kappa shape index (κ2) is 14.9. The molecule has 2 aliphatic heterocycles. The van der Waals surface area contributed by atoms with Crippen LogP contribution in [0.2, 0.25) is 0 Å². The fourth-order valence-corrected chi connectivity index (χ4v) is 4.59. The fourth-order valence-electron chi connectivity index (χ4n) is 4.59. The highest BCUT2D eigenvalue weighted by atomic mass is 127. The summed E-state index contributed by atoms with van der Waals surface area (Å²) in [6.07, 6.45) is 2.39. The normalized spacial score (nSPS) is 18.9. The van der Waals surface area contributed by atoms with Crippen molar-refractivity contribution in [3.8, 4) is 0 Å². The van der Waals surface area contributed by atoms with Gasteiger partial charge in [0, 0.05) is 58.0 Å².